The number of fused-ring (bicyclic) bond motifs is 3. The number of halogens is 2. The van der Waals surface area contributed by atoms with Gasteiger partial charge in [-0.1, -0.05) is 57.3 Å². The molecule has 0 N–H and O–H groups in total. The van der Waals surface area contributed by atoms with Crippen molar-refractivity contribution in [3.63, 3.8) is 0 Å². The predicted octanol–water partition coefficient (Wildman–Crippen LogP) is 3.53. The summed E-state index contributed by atoms with van der Waals surface area (Å²) >= 11 is 4.91. The van der Waals surface area contributed by atoms with Gasteiger partial charge < -0.3 is 0 Å². The van der Waals surface area contributed by atoms with Gasteiger partial charge in [-0.2, -0.15) is 0 Å². The molecule has 0 radical (unpaired) electrons. The first-order valence-corrected chi connectivity index (χ1v) is 6.66. The summed E-state index contributed by atoms with van der Waals surface area (Å²) in [5, 5.41) is 0. The zero-order valence-corrected chi connectivity index (χ0v) is 11.9. The number of pyridine rings is 2. The summed E-state index contributed by atoms with van der Waals surface area (Å²) in [5.74, 6) is 0. The average Bonchev–Trinajstić information content (AvgIpc) is 2.51. The zero-order chi connectivity index (χ0) is 10.5. The Morgan fingerprint density at radius 1 is 0.867 bits per heavy atom. The third-order valence-electron chi connectivity index (χ3n) is 2.52. The molecule has 4 heteroatoms. The summed E-state index contributed by atoms with van der Waals surface area (Å²) in [5.41, 5.74) is 4.55. The fourth-order valence-corrected chi connectivity index (χ4v) is 3.58. The maximum atomic E-state index is 4.42. The summed E-state index contributed by atoms with van der Waals surface area (Å²) in [6, 6.07) is 8.22. The first kappa shape index (κ1) is 9.95. The molecule has 0 aliphatic heterocycles. The smallest absolute Gasteiger partial charge is 0.127 e. The lowest BCUT2D eigenvalue weighted by molar-refractivity contribution is 1.20. The molecule has 2 heterocycles. The zero-order valence-electron chi connectivity index (χ0n) is 7.61. The molecule has 0 spiro atoms. The second kappa shape index (κ2) is 3.38. The van der Waals surface area contributed by atoms with Crippen molar-refractivity contribution < 1.29 is 0 Å². The number of aromatic nitrogens is 2. The summed E-state index contributed by atoms with van der Waals surface area (Å²) in [6.07, 6.45) is 3.65. The molecule has 0 saturated carbocycles. The molecule has 2 aromatic heterocycles. The van der Waals surface area contributed by atoms with Crippen molar-refractivity contribution in [3.8, 4) is 11.4 Å². The topological polar surface area (TPSA) is 25.8 Å². The van der Waals surface area contributed by atoms with Crippen LogP contribution in [0.2, 0.25) is 0 Å². The van der Waals surface area contributed by atoms with Crippen molar-refractivity contribution in [2.24, 2.45) is 0 Å². The molecule has 0 aromatic carbocycles. The molecular formula is C11H6I2N2. The fraction of sp³-hybridized carbons (Fsp3) is 0.0909. The number of rotatable bonds is 0. The van der Waals surface area contributed by atoms with E-state index in [9.17, 15) is 0 Å². The summed E-state index contributed by atoms with van der Waals surface area (Å²) in [7, 11) is 0. The SMILES string of the molecule is IC1(I)c2cccnc2-c2ncccc21. The molecule has 0 amide bonds. The molecule has 2 aromatic rings. The number of alkyl halides is 2. The molecule has 15 heavy (non-hydrogen) atoms. The molecule has 74 valence electrons. The summed E-state index contributed by atoms with van der Waals surface area (Å²) in [6.45, 7) is 0. The van der Waals surface area contributed by atoms with Gasteiger partial charge in [0.15, 0.2) is 0 Å². The van der Waals surface area contributed by atoms with Crippen molar-refractivity contribution >= 4 is 45.2 Å². The second-order valence-electron chi connectivity index (χ2n) is 3.37. The normalized spacial score (nSPS) is 15.9. The Kier molecular flexibility index (Phi) is 2.24. The quantitative estimate of drug-likeness (QED) is 0.482. The molecular weight excluding hydrogens is 414 g/mol. The van der Waals surface area contributed by atoms with Gasteiger partial charge in [0.2, 0.25) is 0 Å². The molecule has 0 saturated heterocycles. The van der Waals surface area contributed by atoms with Gasteiger partial charge in [-0.3, -0.25) is 9.97 Å². The van der Waals surface area contributed by atoms with E-state index in [0.29, 0.717) is 0 Å². The minimum Gasteiger partial charge on any atom is -0.254 e. The highest BCUT2D eigenvalue weighted by atomic mass is 127. The monoisotopic (exact) mass is 420 g/mol. The Balaban J connectivity index is 2.42. The lowest BCUT2D eigenvalue weighted by atomic mass is 10.2. The van der Waals surface area contributed by atoms with Crippen molar-refractivity contribution in [2.75, 3.05) is 0 Å². The van der Waals surface area contributed by atoms with Gasteiger partial charge in [-0.15, -0.1) is 0 Å². The van der Waals surface area contributed by atoms with Gasteiger partial charge in [-0.25, -0.2) is 0 Å². The first-order valence-electron chi connectivity index (χ1n) is 4.50. The van der Waals surface area contributed by atoms with E-state index in [0.717, 1.165) is 11.4 Å². The van der Waals surface area contributed by atoms with Crippen LogP contribution in [0.4, 0.5) is 0 Å². The lowest BCUT2D eigenvalue weighted by Crippen LogP contribution is -2.05. The maximum Gasteiger partial charge on any atom is 0.127 e. The van der Waals surface area contributed by atoms with Gasteiger partial charge in [0, 0.05) is 23.5 Å². The standard InChI is InChI=1S/C11H6I2N2/c12-11(13)7-3-1-5-14-9(7)10-8(11)4-2-6-15-10/h1-6H. The van der Waals surface area contributed by atoms with E-state index in [1.54, 1.807) is 0 Å². The van der Waals surface area contributed by atoms with E-state index < -0.39 is 0 Å². The summed E-state index contributed by atoms with van der Waals surface area (Å²) in [4.78, 5) is 8.85. The van der Waals surface area contributed by atoms with Crippen LogP contribution in [-0.4, -0.2) is 9.97 Å². The van der Waals surface area contributed by atoms with E-state index in [2.05, 4.69) is 67.3 Å². The third-order valence-corrected chi connectivity index (χ3v) is 4.84. The van der Waals surface area contributed by atoms with Gasteiger partial charge in [-0.05, 0) is 12.1 Å². The molecule has 0 unspecified atom stereocenters. The largest absolute Gasteiger partial charge is 0.254 e. The van der Waals surface area contributed by atoms with Crippen LogP contribution in [0.15, 0.2) is 36.7 Å². The van der Waals surface area contributed by atoms with Crippen molar-refractivity contribution in [3.05, 3.63) is 47.8 Å². The van der Waals surface area contributed by atoms with Crippen LogP contribution >= 0.6 is 45.2 Å². The third kappa shape index (κ3) is 1.33. The Hall–Kier alpha value is -0.240. The van der Waals surface area contributed by atoms with E-state index in [4.69, 9.17) is 0 Å². The van der Waals surface area contributed by atoms with Crippen LogP contribution < -0.4 is 0 Å². The van der Waals surface area contributed by atoms with Crippen LogP contribution in [0.5, 0.6) is 0 Å². The van der Waals surface area contributed by atoms with Crippen LogP contribution in [0, 0.1) is 0 Å². The maximum absolute atomic E-state index is 4.42. The Labute approximate surface area is 115 Å². The van der Waals surface area contributed by atoms with E-state index >= 15 is 0 Å². The number of hydrogen-bond donors (Lipinski definition) is 0. The number of nitrogens with zero attached hydrogens (tertiary/aromatic N) is 2. The Bertz CT molecular complexity index is 490. The highest BCUT2D eigenvalue weighted by Crippen LogP contribution is 2.55. The van der Waals surface area contributed by atoms with Crippen molar-refractivity contribution in [2.45, 2.75) is 1.43 Å². The van der Waals surface area contributed by atoms with Crippen LogP contribution in [0.25, 0.3) is 11.4 Å². The molecule has 1 aliphatic carbocycles. The Morgan fingerprint density at radius 3 is 1.80 bits per heavy atom. The van der Waals surface area contributed by atoms with Gasteiger partial charge >= 0.3 is 0 Å². The average molecular weight is 420 g/mol. The van der Waals surface area contributed by atoms with Gasteiger partial charge in [0.05, 0.1) is 11.4 Å². The number of hydrogen-bond acceptors (Lipinski definition) is 2. The minimum absolute atomic E-state index is 0.0251. The van der Waals surface area contributed by atoms with E-state index in [-0.39, 0.29) is 1.43 Å². The lowest BCUT2D eigenvalue weighted by Gasteiger charge is -2.15. The van der Waals surface area contributed by atoms with Crippen LogP contribution in [-0.2, 0) is 1.43 Å². The summed E-state index contributed by atoms with van der Waals surface area (Å²) < 4.78 is -0.0251. The van der Waals surface area contributed by atoms with E-state index in [1.165, 1.54) is 11.1 Å². The highest BCUT2D eigenvalue weighted by molar-refractivity contribution is 14.2. The fourth-order valence-electron chi connectivity index (χ4n) is 1.84. The van der Waals surface area contributed by atoms with Crippen LogP contribution in [0.1, 0.15) is 11.1 Å². The predicted molar refractivity (Wildman–Crippen MR) is 76.3 cm³/mol. The van der Waals surface area contributed by atoms with E-state index in [1.807, 2.05) is 24.5 Å². The highest BCUT2D eigenvalue weighted by Gasteiger charge is 2.40. The Morgan fingerprint density at radius 2 is 1.33 bits per heavy atom. The molecule has 0 fully saturated rings. The molecule has 0 atom stereocenters. The molecule has 3 rings (SSSR count). The van der Waals surface area contributed by atoms with Crippen LogP contribution in [0.3, 0.4) is 0 Å². The minimum atomic E-state index is -0.0251. The molecule has 2 nitrogen and oxygen atoms in total. The van der Waals surface area contributed by atoms with Crippen molar-refractivity contribution in [1.29, 1.82) is 0 Å². The first-order chi connectivity index (χ1) is 7.21. The molecule has 1 aliphatic rings. The van der Waals surface area contributed by atoms with Crippen molar-refractivity contribution in [1.82, 2.24) is 9.97 Å². The molecule has 0 bridgehead atoms. The van der Waals surface area contributed by atoms with Gasteiger partial charge in [0.25, 0.3) is 0 Å². The second-order valence-corrected chi connectivity index (χ2v) is 8.67. The van der Waals surface area contributed by atoms with Gasteiger partial charge in [0.1, 0.15) is 1.43 Å².